The van der Waals surface area contributed by atoms with E-state index in [1.54, 1.807) is 18.2 Å². The highest BCUT2D eigenvalue weighted by Gasteiger charge is 2.10. The van der Waals surface area contributed by atoms with Crippen LogP contribution in [0.2, 0.25) is 10.0 Å². The summed E-state index contributed by atoms with van der Waals surface area (Å²) in [6, 6.07) is 14.8. The van der Waals surface area contributed by atoms with E-state index < -0.39 is 0 Å². The molecule has 0 aliphatic rings. The minimum atomic E-state index is -0.0981. The second-order valence-corrected chi connectivity index (χ2v) is 5.34. The van der Waals surface area contributed by atoms with Crippen LogP contribution in [0.25, 0.3) is 0 Å². The number of halogens is 2. The molecule has 0 atom stereocenters. The Labute approximate surface area is 134 Å². The molecule has 0 saturated carbocycles. The standard InChI is InChI=1S/C16H16Cl2N2O/c1-2-20(13-6-4-3-5-7-13)11-16(21)19-12-8-9-14(17)15(18)10-12/h3-10H,2,11H2,1H3,(H,19,21). The summed E-state index contributed by atoms with van der Waals surface area (Å²) in [5.41, 5.74) is 1.66. The van der Waals surface area contributed by atoms with Crippen molar-refractivity contribution in [2.75, 3.05) is 23.3 Å². The van der Waals surface area contributed by atoms with Gasteiger partial charge in [-0.05, 0) is 37.3 Å². The number of hydrogen-bond acceptors (Lipinski definition) is 2. The third-order valence-corrected chi connectivity index (χ3v) is 3.78. The van der Waals surface area contributed by atoms with Crippen LogP contribution in [-0.4, -0.2) is 19.0 Å². The molecule has 2 aromatic rings. The number of carbonyl (C=O) groups excluding carboxylic acids is 1. The van der Waals surface area contributed by atoms with E-state index in [4.69, 9.17) is 23.2 Å². The molecule has 1 amide bonds. The predicted octanol–water partition coefficient (Wildman–Crippen LogP) is 4.46. The average Bonchev–Trinajstić information content (AvgIpc) is 2.49. The van der Waals surface area contributed by atoms with Crippen LogP contribution >= 0.6 is 23.2 Å². The van der Waals surface area contributed by atoms with Crippen LogP contribution in [0, 0.1) is 0 Å². The van der Waals surface area contributed by atoms with Crippen LogP contribution in [0.5, 0.6) is 0 Å². The fraction of sp³-hybridized carbons (Fsp3) is 0.188. The molecule has 3 nitrogen and oxygen atoms in total. The maximum absolute atomic E-state index is 12.1. The minimum Gasteiger partial charge on any atom is -0.362 e. The van der Waals surface area contributed by atoms with Gasteiger partial charge in [-0.2, -0.15) is 0 Å². The Morgan fingerprint density at radius 3 is 2.43 bits per heavy atom. The number of carbonyl (C=O) groups is 1. The molecule has 21 heavy (non-hydrogen) atoms. The average molecular weight is 323 g/mol. The summed E-state index contributed by atoms with van der Waals surface area (Å²) in [5, 5.41) is 3.71. The molecule has 0 aromatic heterocycles. The molecule has 0 saturated heterocycles. The SMILES string of the molecule is CCN(CC(=O)Nc1ccc(Cl)c(Cl)c1)c1ccccc1. The van der Waals surface area contributed by atoms with Crippen molar-refractivity contribution in [1.82, 2.24) is 0 Å². The first-order valence-corrected chi connectivity index (χ1v) is 7.40. The van der Waals surface area contributed by atoms with Gasteiger partial charge in [0.2, 0.25) is 5.91 Å². The topological polar surface area (TPSA) is 32.3 Å². The van der Waals surface area contributed by atoms with E-state index in [1.165, 1.54) is 0 Å². The highest BCUT2D eigenvalue weighted by atomic mass is 35.5. The van der Waals surface area contributed by atoms with Gasteiger partial charge in [0.15, 0.2) is 0 Å². The molecule has 0 spiro atoms. The van der Waals surface area contributed by atoms with Crippen molar-refractivity contribution in [3.05, 3.63) is 58.6 Å². The first-order chi connectivity index (χ1) is 10.1. The summed E-state index contributed by atoms with van der Waals surface area (Å²) in [7, 11) is 0. The summed E-state index contributed by atoms with van der Waals surface area (Å²) >= 11 is 11.8. The highest BCUT2D eigenvalue weighted by Crippen LogP contribution is 2.25. The van der Waals surface area contributed by atoms with Gasteiger partial charge in [-0.1, -0.05) is 41.4 Å². The summed E-state index contributed by atoms with van der Waals surface area (Å²) in [5.74, 6) is -0.0981. The maximum Gasteiger partial charge on any atom is 0.243 e. The molecule has 0 unspecified atom stereocenters. The van der Waals surface area contributed by atoms with E-state index in [2.05, 4.69) is 5.32 Å². The summed E-state index contributed by atoms with van der Waals surface area (Å²) in [6.07, 6.45) is 0. The Morgan fingerprint density at radius 2 is 1.81 bits per heavy atom. The molecule has 0 radical (unpaired) electrons. The van der Waals surface area contributed by atoms with Crippen molar-refractivity contribution >= 4 is 40.5 Å². The van der Waals surface area contributed by atoms with Crippen LogP contribution in [0.3, 0.4) is 0 Å². The molecule has 0 aliphatic heterocycles. The number of hydrogen-bond donors (Lipinski definition) is 1. The van der Waals surface area contributed by atoms with Crippen LogP contribution in [0.15, 0.2) is 48.5 Å². The number of para-hydroxylation sites is 1. The number of amides is 1. The first kappa shape index (κ1) is 15.7. The molecule has 2 rings (SSSR count). The largest absolute Gasteiger partial charge is 0.362 e. The van der Waals surface area contributed by atoms with Gasteiger partial charge in [0.05, 0.1) is 16.6 Å². The number of rotatable bonds is 5. The van der Waals surface area contributed by atoms with Gasteiger partial charge >= 0.3 is 0 Å². The van der Waals surface area contributed by atoms with E-state index in [0.717, 1.165) is 12.2 Å². The minimum absolute atomic E-state index is 0.0981. The first-order valence-electron chi connectivity index (χ1n) is 6.65. The number of nitrogens with one attached hydrogen (secondary N) is 1. The van der Waals surface area contributed by atoms with Crippen molar-refractivity contribution in [3.8, 4) is 0 Å². The Morgan fingerprint density at radius 1 is 1.10 bits per heavy atom. The van der Waals surface area contributed by atoms with Crippen LogP contribution in [0.1, 0.15) is 6.92 Å². The monoisotopic (exact) mass is 322 g/mol. The van der Waals surface area contributed by atoms with E-state index in [1.807, 2.05) is 42.2 Å². The van der Waals surface area contributed by atoms with E-state index in [0.29, 0.717) is 15.7 Å². The quantitative estimate of drug-likeness (QED) is 0.881. The number of nitrogens with zero attached hydrogens (tertiary/aromatic N) is 1. The second kappa shape index (κ2) is 7.34. The van der Waals surface area contributed by atoms with Gasteiger partial charge in [0.25, 0.3) is 0 Å². The molecular formula is C16H16Cl2N2O. The number of likely N-dealkylation sites (N-methyl/N-ethyl adjacent to an activating group) is 1. The van der Waals surface area contributed by atoms with Crippen molar-refractivity contribution < 1.29 is 4.79 Å². The molecule has 0 aliphatic carbocycles. The Kier molecular flexibility index (Phi) is 5.48. The molecule has 1 N–H and O–H groups in total. The lowest BCUT2D eigenvalue weighted by molar-refractivity contribution is -0.115. The third-order valence-electron chi connectivity index (χ3n) is 3.04. The zero-order valence-corrected chi connectivity index (χ0v) is 13.2. The van der Waals surface area contributed by atoms with Gasteiger partial charge in [-0.3, -0.25) is 4.79 Å². The second-order valence-electron chi connectivity index (χ2n) is 4.53. The molecule has 0 fully saturated rings. The molecule has 110 valence electrons. The maximum atomic E-state index is 12.1. The summed E-state index contributed by atoms with van der Waals surface area (Å²) in [4.78, 5) is 14.1. The van der Waals surface area contributed by atoms with Crippen LogP contribution in [0.4, 0.5) is 11.4 Å². The molecule has 2 aromatic carbocycles. The Balaban J connectivity index is 2.01. The lowest BCUT2D eigenvalue weighted by Crippen LogP contribution is -2.33. The normalized spacial score (nSPS) is 10.2. The van der Waals surface area contributed by atoms with Gasteiger partial charge in [0, 0.05) is 17.9 Å². The van der Waals surface area contributed by atoms with Crippen molar-refractivity contribution in [2.24, 2.45) is 0 Å². The molecular weight excluding hydrogens is 307 g/mol. The van der Waals surface area contributed by atoms with E-state index >= 15 is 0 Å². The zero-order chi connectivity index (χ0) is 15.2. The summed E-state index contributed by atoms with van der Waals surface area (Å²) < 4.78 is 0. The summed E-state index contributed by atoms with van der Waals surface area (Å²) in [6.45, 7) is 3.04. The van der Waals surface area contributed by atoms with Gasteiger partial charge in [0.1, 0.15) is 0 Å². The van der Waals surface area contributed by atoms with Crippen molar-refractivity contribution in [3.63, 3.8) is 0 Å². The fourth-order valence-electron chi connectivity index (χ4n) is 1.97. The Bertz CT molecular complexity index is 617. The predicted molar refractivity (Wildman–Crippen MR) is 89.4 cm³/mol. The smallest absolute Gasteiger partial charge is 0.243 e. The highest BCUT2D eigenvalue weighted by molar-refractivity contribution is 6.42. The molecule has 0 heterocycles. The zero-order valence-electron chi connectivity index (χ0n) is 11.6. The van der Waals surface area contributed by atoms with Crippen LogP contribution < -0.4 is 10.2 Å². The van der Waals surface area contributed by atoms with Crippen molar-refractivity contribution in [2.45, 2.75) is 6.92 Å². The fourth-order valence-corrected chi connectivity index (χ4v) is 2.27. The van der Waals surface area contributed by atoms with Gasteiger partial charge in [-0.25, -0.2) is 0 Å². The Hall–Kier alpha value is -1.71. The number of anilines is 2. The number of benzene rings is 2. The van der Waals surface area contributed by atoms with Crippen molar-refractivity contribution in [1.29, 1.82) is 0 Å². The van der Waals surface area contributed by atoms with Crippen LogP contribution in [-0.2, 0) is 4.79 Å². The lowest BCUT2D eigenvalue weighted by atomic mass is 10.2. The van der Waals surface area contributed by atoms with Gasteiger partial charge in [-0.15, -0.1) is 0 Å². The van der Waals surface area contributed by atoms with E-state index in [9.17, 15) is 4.79 Å². The third kappa shape index (κ3) is 4.38. The van der Waals surface area contributed by atoms with Gasteiger partial charge < -0.3 is 10.2 Å². The molecule has 5 heteroatoms. The molecule has 0 bridgehead atoms. The van der Waals surface area contributed by atoms with E-state index in [-0.39, 0.29) is 12.5 Å². The lowest BCUT2D eigenvalue weighted by Gasteiger charge is -2.22.